The van der Waals surface area contributed by atoms with Crippen LogP contribution in [0.1, 0.15) is 5.56 Å². The van der Waals surface area contributed by atoms with Gasteiger partial charge in [-0.2, -0.15) is 11.3 Å². The molecule has 0 unspecified atom stereocenters. The van der Waals surface area contributed by atoms with E-state index in [1.54, 1.807) is 27.8 Å². The fourth-order valence-corrected chi connectivity index (χ4v) is 2.72. The molecule has 0 aliphatic carbocycles. The van der Waals surface area contributed by atoms with Gasteiger partial charge in [0.1, 0.15) is 6.54 Å². The molecule has 2 aromatic heterocycles. The first kappa shape index (κ1) is 11.6. The maximum absolute atomic E-state index is 3.92. The van der Waals surface area contributed by atoms with Gasteiger partial charge in [0.2, 0.25) is 5.16 Å². The Morgan fingerprint density at radius 1 is 1.56 bits per heavy atom. The third kappa shape index (κ3) is 3.29. The van der Waals surface area contributed by atoms with E-state index in [1.165, 1.54) is 5.56 Å². The van der Waals surface area contributed by atoms with Crippen LogP contribution < -0.4 is 5.32 Å². The van der Waals surface area contributed by atoms with Crippen molar-refractivity contribution in [2.24, 2.45) is 7.05 Å². The Hall–Kier alpha value is -0.920. The molecule has 2 rings (SSSR count). The van der Waals surface area contributed by atoms with Crippen molar-refractivity contribution in [2.45, 2.75) is 11.7 Å². The summed E-state index contributed by atoms with van der Waals surface area (Å²) in [5.41, 5.74) is 1.40. The molecule has 7 heteroatoms. The lowest BCUT2D eigenvalue weighted by molar-refractivity contribution is -0.666. The molecule has 0 aliphatic heterocycles. The minimum absolute atomic E-state index is 0.879. The molecule has 0 aromatic carbocycles. The molecule has 0 radical (unpaired) electrons. The van der Waals surface area contributed by atoms with Crippen molar-refractivity contribution in [3.63, 3.8) is 0 Å². The lowest BCUT2D eigenvalue weighted by Crippen LogP contribution is -2.83. The summed E-state index contributed by atoms with van der Waals surface area (Å²) in [5.74, 6) is 1.03. The van der Waals surface area contributed by atoms with E-state index in [1.807, 2.05) is 7.05 Å². The molecular weight excluding hydrogens is 242 g/mol. The van der Waals surface area contributed by atoms with Crippen LogP contribution in [0.25, 0.3) is 0 Å². The molecule has 16 heavy (non-hydrogen) atoms. The highest BCUT2D eigenvalue weighted by Crippen LogP contribution is 2.10. The first-order valence-corrected chi connectivity index (χ1v) is 6.97. The van der Waals surface area contributed by atoms with Crippen LogP contribution in [0.5, 0.6) is 0 Å². The van der Waals surface area contributed by atoms with Gasteiger partial charge in [0.15, 0.2) is 0 Å². The summed E-state index contributed by atoms with van der Waals surface area (Å²) in [7, 11) is 1.86. The maximum Gasteiger partial charge on any atom is 0.209 e. The molecule has 2 N–H and O–H groups in total. The number of nitrogens with two attached hydrogens (primary N) is 1. The number of thioether (sulfide) groups is 1. The zero-order valence-corrected chi connectivity index (χ0v) is 10.7. The van der Waals surface area contributed by atoms with Gasteiger partial charge in [0.25, 0.3) is 0 Å². The van der Waals surface area contributed by atoms with E-state index >= 15 is 0 Å². The van der Waals surface area contributed by atoms with E-state index < -0.39 is 0 Å². The topological polar surface area (TPSA) is 60.2 Å². The number of nitrogens with zero attached hydrogens (tertiary/aromatic N) is 4. The number of aryl methyl sites for hydroxylation is 1. The van der Waals surface area contributed by atoms with E-state index in [0.717, 1.165) is 24.0 Å². The molecule has 86 valence electrons. The van der Waals surface area contributed by atoms with Crippen molar-refractivity contribution < 1.29 is 5.32 Å². The number of rotatable bonds is 6. The molecule has 2 heterocycles. The maximum atomic E-state index is 3.92. The smallest absolute Gasteiger partial charge is 0.209 e. The molecule has 0 aliphatic rings. The number of hydrogen-bond donors (Lipinski definition) is 1. The van der Waals surface area contributed by atoms with Gasteiger partial charge in [-0.3, -0.25) is 0 Å². The van der Waals surface area contributed by atoms with Crippen molar-refractivity contribution in [3.05, 3.63) is 22.4 Å². The van der Waals surface area contributed by atoms with Crippen LogP contribution in [-0.2, 0) is 13.6 Å². The van der Waals surface area contributed by atoms with Gasteiger partial charge in [-0.15, -0.1) is 5.10 Å². The van der Waals surface area contributed by atoms with Crippen molar-refractivity contribution in [2.75, 3.05) is 12.3 Å². The van der Waals surface area contributed by atoms with Gasteiger partial charge >= 0.3 is 0 Å². The highest BCUT2D eigenvalue weighted by molar-refractivity contribution is 7.99. The third-order valence-corrected chi connectivity index (χ3v) is 3.87. The van der Waals surface area contributed by atoms with Crippen molar-refractivity contribution in [1.29, 1.82) is 0 Å². The summed E-state index contributed by atoms with van der Waals surface area (Å²) in [6.07, 6.45) is 0. The van der Waals surface area contributed by atoms with Gasteiger partial charge in [-0.1, -0.05) is 11.8 Å². The Kier molecular flexibility index (Phi) is 4.32. The second-order valence-corrected chi connectivity index (χ2v) is 5.19. The number of hydrogen-bond acceptors (Lipinski definition) is 5. The molecule has 0 spiro atoms. The van der Waals surface area contributed by atoms with E-state index in [4.69, 9.17) is 0 Å². The van der Waals surface area contributed by atoms with Crippen molar-refractivity contribution in [1.82, 2.24) is 20.2 Å². The molecule has 0 bridgehead atoms. The standard InChI is InChI=1S/C9H13N5S2/c1-14-9(11-12-13-14)16-5-3-10-6-8-2-4-15-7-8/h2,4,7,10H,3,5-6H2,1H3/p+1. The normalized spacial score (nSPS) is 10.8. The van der Waals surface area contributed by atoms with E-state index in [9.17, 15) is 0 Å². The van der Waals surface area contributed by atoms with Gasteiger partial charge < -0.3 is 5.32 Å². The average Bonchev–Trinajstić information content (AvgIpc) is 2.90. The lowest BCUT2D eigenvalue weighted by atomic mass is 10.3. The van der Waals surface area contributed by atoms with Crippen LogP contribution in [0.15, 0.2) is 22.0 Å². The van der Waals surface area contributed by atoms with Crippen molar-refractivity contribution in [3.8, 4) is 0 Å². The molecule has 0 saturated heterocycles. The zero-order chi connectivity index (χ0) is 11.2. The number of tetrazole rings is 1. The minimum Gasteiger partial charge on any atom is -0.342 e. The van der Waals surface area contributed by atoms with E-state index in [0.29, 0.717) is 0 Å². The highest BCUT2D eigenvalue weighted by atomic mass is 32.2. The molecular formula is C9H14N5S2+. The Balaban J connectivity index is 1.61. The van der Waals surface area contributed by atoms with Gasteiger partial charge in [-0.25, -0.2) is 4.68 Å². The van der Waals surface area contributed by atoms with Crippen LogP contribution in [0.4, 0.5) is 0 Å². The Morgan fingerprint density at radius 3 is 3.19 bits per heavy atom. The SMILES string of the molecule is Cn1nnnc1SCC[NH2+]Cc1ccsc1. The lowest BCUT2D eigenvalue weighted by Gasteiger charge is -1.99. The fraction of sp³-hybridized carbons (Fsp3) is 0.444. The Bertz CT molecular complexity index is 411. The molecule has 0 amide bonds. The highest BCUT2D eigenvalue weighted by Gasteiger charge is 2.02. The van der Waals surface area contributed by atoms with E-state index in [2.05, 4.69) is 37.7 Å². The second kappa shape index (κ2) is 5.97. The average molecular weight is 256 g/mol. The van der Waals surface area contributed by atoms with Crippen LogP contribution in [0.2, 0.25) is 0 Å². The van der Waals surface area contributed by atoms with E-state index in [-0.39, 0.29) is 0 Å². The molecule has 5 nitrogen and oxygen atoms in total. The van der Waals surface area contributed by atoms with Crippen LogP contribution >= 0.6 is 23.1 Å². The largest absolute Gasteiger partial charge is 0.342 e. The van der Waals surface area contributed by atoms with Gasteiger partial charge in [-0.05, 0) is 27.3 Å². The summed E-state index contributed by atoms with van der Waals surface area (Å²) < 4.78 is 1.70. The summed E-state index contributed by atoms with van der Waals surface area (Å²) in [6.45, 7) is 2.13. The first-order valence-electron chi connectivity index (χ1n) is 5.04. The number of thiophene rings is 1. The second-order valence-electron chi connectivity index (χ2n) is 3.35. The van der Waals surface area contributed by atoms with Crippen LogP contribution in [0, 0.1) is 0 Å². The molecule has 0 saturated carbocycles. The number of aromatic nitrogens is 4. The summed E-state index contributed by atoms with van der Waals surface area (Å²) >= 11 is 3.44. The Labute approximate surface area is 102 Å². The van der Waals surface area contributed by atoms with Crippen LogP contribution in [0.3, 0.4) is 0 Å². The van der Waals surface area contributed by atoms with Crippen molar-refractivity contribution >= 4 is 23.1 Å². The minimum atomic E-state index is 0.879. The summed E-state index contributed by atoms with van der Waals surface area (Å²) in [4.78, 5) is 0. The number of quaternary nitrogens is 1. The third-order valence-electron chi connectivity index (χ3n) is 2.09. The Morgan fingerprint density at radius 2 is 2.50 bits per heavy atom. The molecule has 2 aromatic rings. The predicted molar refractivity (Wildman–Crippen MR) is 64.3 cm³/mol. The van der Waals surface area contributed by atoms with Gasteiger partial charge in [0, 0.05) is 12.6 Å². The summed E-state index contributed by atoms with van der Waals surface area (Å²) in [5, 5.41) is 18.8. The quantitative estimate of drug-likeness (QED) is 0.589. The predicted octanol–water partition coefficient (Wildman–Crippen LogP) is 0.127. The summed E-state index contributed by atoms with van der Waals surface area (Å²) in [6, 6.07) is 2.17. The first-order chi connectivity index (χ1) is 7.86. The fourth-order valence-electron chi connectivity index (χ4n) is 1.25. The zero-order valence-electron chi connectivity index (χ0n) is 9.04. The monoisotopic (exact) mass is 256 g/mol. The van der Waals surface area contributed by atoms with Crippen LogP contribution in [-0.4, -0.2) is 32.5 Å². The molecule has 0 atom stereocenters. The van der Waals surface area contributed by atoms with Gasteiger partial charge in [0.05, 0.1) is 12.3 Å². The molecule has 0 fully saturated rings.